The monoisotopic (exact) mass is 552 g/mol. The standard InChI is InChI=1S/C29H40N6O5/c1-4-5-9-23-19(2)29(28(39)31-23,12-13-35-17-21(32-33-35)8-6-7-14-36)25-15-22-20(16-34(25)18-30)10-11-24(37)26(22)27(38)40-3/h4-5,9,17,20,22,24-26,36-37H,2,6-8,10-16H2,1,3H3,(H,31,39)/b5-4-,23-9+/t20-,22-,24-,25-,26+,29-/m0/s1. The van der Waals surface area contributed by atoms with Gasteiger partial charge in [-0.05, 0) is 75.4 Å². The van der Waals surface area contributed by atoms with Crippen molar-refractivity contribution in [2.75, 3.05) is 20.3 Å². The van der Waals surface area contributed by atoms with Gasteiger partial charge in [0, 0.05) is 31.6 Å². The van der Waals surface area contributed by atoms with Gasteiger partial charge in [0.1, 0.15) is 0 Å². The molecule has 3 N–H and O–H groups in total. The van der Waals surface area contributed by atoms with E-state index in [9.17, 15) is 20.0 Å². The summed E-state index contributed by atoms with van der Waals surface area (Å²) in [6, 6.07) is -0.576. The Labute approximate surface area is 235 Å². The Balaban J connectivity index is 1.69. The van der Waals surface area contributed by atoms with Crippen molar-refractivity contribution in [1.29, 1.82) is 5.26 Å². The number of amides is 1. The molecule has 216 valence electrons. The van der Waals surface area contributed by atoms with Crippen LogP contribution in [0.25, 0.3) is 0 Å². The van der Waals surface area contributed by atoms with Crippen LogP contribution in [0.2, 0.25) is 0 Å². The summed E-state index contributed by atoms with van der Waals surface area (Å²) in [4.78, 5) is 28.4. The molecule has 0 radical (unpaired) electrons. The molecule has 0 aromatic carbocycles. The van der Waals surface area contributed by atoms with Crippen LogP contribution in [0.4, 0.5) is 0 Å². The van der Waals surface area contributed by atoms with Gasteiger partial charge in [-0.25, -0.2) is 0 Å². The molecule has 3 heterocycles. The van der Waals surface area contributed by atoms with Gasteiger partial charge in [0.05, 0.1) is 36.3 Å². The number of nitriles is 1. The minimum absolute atomic E-state index is 0.0213. The minimum atomic E-state index is -1.17. The number of unbranched alkanes of at least 4 members (excludes halogenated alkanes) is 1. The van der Waals surface area contributed by atoms with Crippen molar-refractivity contribution in [2.24, 2.45) is 23.2 Å². The lowest BCUT2D eigenvalue weighted by molar-refractivity contribution is -0.160. The fourth-order valence-electron chi connectivity index (χ4n) is 6.81. The van der Waals surface area contributed by atoms with Crippen molar-refractivity contribution in [3.63, 3.8) is 0 Å². The zero-order valence-corrected chi connectivity index (χ0v) is 23.3. The Kier molecular flexibility index (Phi) is 9.43. The number of ether oxygens (including phenoxy) is 1. The number of hydrogen-bond donors (Lipinski definition) is 3. The molecule has 1 aromatic rings. The third-order valence-corrected chi connectivity index (χ3v) is 8.92. The number of carbonyl (C=O) groups is 2. The number of aliphatic hydroxyl groups is 2. The normalized spacial score (nSPS) is 31.3. The van der Waals surface area contributed by atoms with Gasteiger partial charge in [-0.2, -0.15) is 5.26 Å². The Morgan fingerprint density at radius 1 is 1.40 bits per heavy atom. The first-order valence-corrected chi connectivity index (χ1v) is 14.1. The van der Waals surface area contributed by atoms with Crippen LogP contribution in [0.3, 0.4) is 0 Å². The molecule has 4 rings (SSSR count). The van der Waals surface area contributed by atoms with Gasteiger partial charge in [0.25, 0.3) is 0 Å². The quantitative estimate of drug-likeness (QED) is 0.224. The Morgan fingerprint density at radius 3 is 2.90 bits per heavy atom. The van der Waals surface area contributed by atoms with E-state index in [4.69, 9.17) is 9.84 Å². The second-order valence-corrected chi connectivity index (χ2v) is 11.0. The lowest BCUT2D eigenvalue weighted by atomic mass is 9.60. The first-order chi connectivity index (χ1) is 19.3. The Morgan fingerprint density at radius 2 is 2.20 bits per heavy atom. The second kappa shape index (κ2) is 12.8. The molecular formula is C29H40N6O5. The van der Waals surface area contributed by atoms with E-state index in [-0.39, 0.29) is 24.3 Å². The van der Waals surface area contributed by atoms with Gasteiger partial charge in [-0.1, -0.05) is 23.9 Å². The number of esters is 1. The van der Waals surface area contributed by atoms with Crippen LogP contribution >= 0.6 is 0 Å². The highest BCUT2D eigenvalue weighted by atomic mass is 16.5. The number of aliphatic hydroxyl groups excluding tert-OH is 2. The number of nitrogens with zero attached hydrogens (tertiary/aromatic N) is 5. The molecule has 1 aromatic heterocycles. The number of carbonyl (C=O) groups excluding carboxylic acids is 2. The van der Waals surface area contributed by atoms with Crippen LogP contribution in [0.15, 0.2) is 42.3 Å². The largest absolute Gasteiger partial charge is 0.469 e. The average Bonchev–Trinajstić information content (AvgIpc) is 3.51. The number of allylic oxidation sites excluding steroid dienone is 4. The zero-order valence-electron chi connectivity index (χ0n) is 23.3. The second-order valence-electron chi connectivity index (χ2n) is 11.0. The summed E-state index contributed by atoms with van der Waals surface area (Å²) in [7, 11) is 1.32. The van der Waals surface area contributed by atoms with Gasteiger partial charge in [0.15, 0.2) is 6.19 Å². The number of aromatic nitrogens is 3. The molecular weight excluding hydrogens is 512 g/mol. The molecule has 0 unspecified atom stereocenters. The zero-order chi connectivity index (χ0) is 28.9. The number of hydrogen-bond acceptors (Lipinski definition) is 9. The SMILES string of the molecule is C=C1/C(=C\C=C/C)NC(=O)[C@]1(CCn1cc(CCCCO)nn1)[C@@H]1C[C@H]2[C@@H](CC[C@H](O)[C@@H]2C(=O)OC)CN1C#N. The van der Waals surface area contributed by atoms with E-state index in [0.29, 0.717) is 62.9 Å². The number of fused-ring (bicyclic) bond motifs is 1. The van der Waals surface area contributed by atoms with Crippen LogP contribution in [0, 0.1) is 34.6 Å². The maximum absolute atomic E-state index is 14.0. The molecule has 11 nitrogen and oxygen atoms in total. The molecule has 6 atom stereocenters. The highest BCUT2D eigenvalue weighted by molar-refractivity contribution is 5.94. The van der Waals surface area contributed by atoms with Crippen LogP contribution in [-0.4, -0.2) is 74.4 Å². The van der Waals surface area contributed by atoms with E-state index in [1.165, 1.54) is 7.11 Å². The predicted molar refractivity (Wildman–Crippen MR) is 146 cm³/mol. The molecule has 1 saturated carbocycles. The average molecular weight is 553 g/mol. The number of aryl methyl sites for hydroxylation is 2. The van der Waals surface area contributed by atoms with Crippen LogP contribution in [0.1, 0.15) is 51.1 Å². The van der Waals surface area contributed by atoms with Gasteiger partial charge in [-0.15, -0.1) is 5.10 Å². The number of piperidine rings is 1. The fourth-order valence-corrected chi connectivity index (χ4v) is 6.81. The number of rotatable bonds is 10. The molecule has 1 amide bonds. The van der Waals surface area contributed by atoms with Crippen molar-refractivity contribution in [1.82, 2.24) is 25.2 Å². The number of nitrogens with one attached hydrogen (secondary N) is 1. The third-order valence-electron chi connectivity index (χ3n) is 8.92. The lowest BCUT2D eigenvalue weighted by Gasteiger charge is -2.52. The van der Waals surface area contributed by atoms with E-state index < -0.39 is 29.4 Å². The Hall–Kier alpha value is -3.49. The molecule has 0 spiro atoms. The molecule has 1 aliphatic carbocycles. The van der Waals surface area contributed by atoms with Crippen LogP contribution in [0.5, 0.6) is 0 Å². The topological polar surface area (TPSA) is 154 Å². The first-order valence-electron chi connectivity index (χ1n) is 14.1. The van der Waals surface area contributed by atoms with Crippen molar-refractivity contribution >= 4 is 11.9 Å². The first kappa shape index (κ1) is 29.5. The summed E-state index contributed by atoms with van der Waals surface area (Å²) in [5.41, 5.74) is 0.829. The minimum Gasteiger partial charge on any atom is -0.469 e. The van der Waals surface area contributed by atoms with E-state index in [1.807, 2.05) is 25.3 Å². The molecule has 3 aliphatic rings. The smallest absolute Gasteiger partial charge is 0.311 e. The van der Waals surface area contributed by atoms with Crippen molar-refractivity contribution in [3.05, 3.63) is 48.0 Å². The summed E-state index contributed by atoms with van der Waals surface area (Å²) < 4.78 is 6.77. The Bertz CT molecular complexity index is 1200. The molecule has 11 heteroatoms. The van der Waals surface area contributed by atoms with Gasteiger partial charge >= 0.3 is 5.97 Å². The number of likely N-dealkylation sites (tertiary alicyclic amines) is 1. The van der Waals surface area contributed by atoms with Gasteiger partial charge in [-0.3, -0.25) is 14.3 Å². The highest BCUT2D eigenvalue weighted by Gasteiger charge is 2.59. The van der Waals surface area contributed by atoms with Crippen molar-refractivity contribution in [3.8, 4) is 6.19 Å². The maximum Gasteiger partial charge on any atom is 0.311 e. The highest BCUT2D eigenvalue weighted by Crippen LogP contribution is 2.52. The lowest BCUT2D eigenvalue weighted by Crippen LogP contribution is -2.60. The van der Waals surface area contributed by atoms with Crippen LogP contribution < -0.4 is 5.32 Å². The van der Waals surface area contributed by atoms with E-state index in [0.717, 1.165) is 12.1 Å². The summed E-state index contributed by atoms with van der Waals surface area (Å²) in [6.45, 7) is 7.13. The van der Waals surface area contributed by atoms with E-state index in [2.05, 4.69) is 28.4 Å². The van der Waals surface area contributed by atoms with Crippen molar-refractivity contribution < 1.29 is 24.5 Å². The summed E-state index contributed by atoms with van der Waals surface area (Å²) in [5, 5.41) is 41.6. The van der Waals surface area contributed by atoms with E-state index in [1.54, 1.807) is 15.7 Å². The predicted octanol–water partition coefficient (Wildman–Crippen LogP) is 1.85. The number of methoxy groups -OCH3 is 1. The van der Waals surface area contributed by atoms with Crippen LogP contribution in [-0.2, 0) is 27.3 Å². The summed E-state index contributed by atoms with van der Waals surface area (Å²) in [6.07, 6.45) is 12.9. The molecule has 40 heavy (non-hydrogen) atoms. The summed E-state index contributed by atoms with van der Waals surface area (Å²) in [5.74, 6) is -1.63. The van der Waals surface area contributed by atoms with Crippen molar-refractivity contribution in [2.45, 2.75) is 70.6 Å². The molecule has 2 saturated heterocycles. The molecule has 3 fully saturated rings. The van der Waals surface area contributed by atoms with Gasteiger partial charge < -0.3 is 25.2 Å². The fraction of sp³-hybridized carbons (Fsp3) is 0.621. The summed E-state index contributed by atoms with van der Waals surface area (Å²) >= 11 is 0. The molecule has 0 bridgehead atoms. The third kappa shape index (κ3) is 5.56. The van der Waals surface area contributed by atoms with Gasteiger partial charge in [0.2, 0.25) is 5.91 Å². The molecule has 2 aliphatic heterocycles. The van der Waals surface area contributed by atoms with E-state index >= 15 is 0 Å². The maximum atomic E-state index is 14.0.